The lowest BCUT2D eigenvalue weighted by atomic mass is 9.86. The number of hydrogen-bond donors (Lipinski definition) is 1. The summed E-state index contributed by atoms with van der Waals surface area (Å²) in [4.78, 5) is 2.73. The van der Waals surface area contributed by atoms with Gasteiger partial charge in [0, 0.05) is 25.2 Å². The summed E-state index contributed by atoms with van der Waals surface area (Å²) in [7, 11) is 0. The Labute approximate surface area is 115 Å². The molecule has 1 aliphatic rings. The maximum absolute atomic E-state index is 3.75. The fraction of sp³-hybridized carbons (Fsp3) is 1.00. The zero-order valence-corrected chi connectivity index (χ0v) is 13.4. The molecule has 1 fully saturated rings. The lowest BCUT2D eigenvalue weighted by Crippen LogP contribution is -2.50. The van der Waals surface area contributed by atoms with Crippen LogP contribution in [-0.4, -0.2) is 36.6 Å². The van der Waals surface area contributed by atoms with Crippen molar-refractivity contribution in [3.8, 4) is 0 Å². The first-order valence-corrected chi connectivity index (χ1v) is 7.82. The second kappa shape index (κ2) is 6.91. The molecule has 108 valence electrons. The minimum Gasteiger partial charge on any atom is -0.312 e. The molecule has 1 unspecified atom stereocenters. The second-order valence-corrected chi connectivity index (χ2v) is 7.45. The Balaban J connectivity index is 2.55. The highest BCUT2D eigenvalue weighted by molar-refractivity contribution is 4.90. The van der Waals surface area contributed by atoms with Gasteiger partial charge in [0.15, 0.2) is 0 Å². The van der Waals surface area contributed by atoms with Crippen molar-refractivity contribution in [1.82, 2.24) is 10.2 Å². The molecule has 0 aromatic rings. The summed E-state index contributed by atoms with van der Waals surface area (Å²) in [6.07, 6.45) is 4.05. The molecular weight excluding hydrogens is 220 g/mol. The van der Waals surface area contributed by atoms with Crippen LogP contribution in [0.4, 0.5) is 0 Å². The van der Waals surface area contributed by atoms with Gasteiger partial charge in [0.05, 0.1) is 0 Å². The van der Waals surface area contributed by atoms with Crippen molar-refractivity contribution in [3.05, 3.63) is 0 Å². The maximum atomic E-state index is 3.75. The van der Waals surface area contributed by atoms with Gasteiger partial charge in [-0.25, -0.2) is 0 Å². The Hall–Kier alpha value is -0.0800. The molecule has 2 heteroatoms. The third-order valence-electron chi connectivity index (χ3n) is 3.77. The molecule has 0 bridgehead atoms. The summed E-state index contributed by atoms with van der Waals surface area (Å²) < 4.78 is 0. The van der Waals surface area contributed by atoms with E-state index < -0.39 is 0 Å². The lowest BCUT2D eigenvalue weighted by molar-refractivity contribution is 0.154. The fourth-order valence-corrected chi connectivity index (χ4v) is 2.48. The number of nitrogens with zero attached hydrogens (tertiary/aromatic N) is 1. The van der Waals surface area contributed by atoms with Gasteiger partial charge < -0.3 is 5.32 Å². The zero-order chi connectivity index (χ0) is 13.8. The van der Waals surface area contributed by atoms with E-state index in [1.807, 2.05) is 0 Å². The van der Waals surface area contributed by atoms with Crippen molar-refractivity contribution in [2.24, 2.45) is 11.3 Å². The summed E-state index contributed by atoms with van der Waals surface area (Å²) in [5, 5.41) is 3.75. The quantitative estimate of drug-likeness (QED) is 0.713. The molecule has 1 saturated carbocycles. The molecule has 18 heavy (non-hydrogen) atoms. The topological polar surface area (TPSA) is 15.3 Å². The van der Waals surface area contributed by atoms with Crippen LogP contribution in [0.5, 0.6) is 0 Å². The summed E-state index contributed by atoms with van der Waals surface area (Å²) in [5.41, 5.74) is 0.347. The normalized spacial score (nSPS) is 18.7. The van der Waals surface area contributed by atoms with E-state index in [4.69, 9.17) is 0 Å². The highest BCUT2D eigenvalue weighted by Gasteiger charge is 2.33. The molecule has 0 aromatic heterocycles. The van der Waals surface area contributed by atoms with E-state index in [-0.39, 0.29) is 0 Å². The SMILES string of the molecule is CCCNC(CN(CC(C)C)C1CC1)C(C)(C)C. The van der Waals surface area contributed by atoms with Crippen LogP contribution in [0.2, 0.25) is 0 Å². The highest BCUT2D eigenvalue weighted by atomic mass is 15.2. The largest absolute Gasteiger partial charge is 0.312 e. The molecule has 0 saturated heterocycles. The van der Waals surface area contributed by atoms with E-state index in [0.717, 1.165) is 18.5 Å². The first-order chi connectivity index (χ1) is 8.34. The number of hydrogen-bond acceptors (Lipinski definition) is 2. The van der Waals surface area contributed by atoms with E-state index in [0.29, 0.717) is 11.5 Å². The monoisotopic (exact) mass is 254 g/mol. The first kappa shape index (κ1) is 16.0. The van der Waals surface area contributed by atoms with Crippen molar-refractivity contribution in [1.29, 1.82) is 0 Å². The van der Waals surface area contributed by atoms with Gasteiger partial charge in [0.2, 0.25) is 0 Å². The third-order valence-corrected chi connectivity index (χ3v) is 3.77. The van der Waals surface area contributed by atoms with Crippen LogP contribution >= 0.6 is 0 Å². The van der Waals surface area contributed by atoms with E-state index in [2.05, 4.69) is 51.8 Å². The van der Waals surface area contributed by atoms with E-state index in [1.165, 1.54) is 32.4 Å². The molecule has 0 spiro atoms. The smallest absolute Gasteiger partial charge is 0.0243 e. The average molecular weight is 254 g/mol. The Morgan fingerprint density at radius 1 is 1.17 bits per heavy atom. The second-order valence-electron chi connectivity index (χ2n) is 7.45. The minimum atomic E-state index is 0.347. The standard InChI is InChI=1S/C16H34N2/c1-7-10-17-15(16(4,5)6)12-18(11-13(2)3)14-8-9-14/h13-15,17H,7-12H2,1-6H3. The molecule has 0 aliphatic heterocycles. The van der Waals surface area contributed by atoms with Crippen LogP contribution in [0.25, 0.3) is 0 Å². The molecule has 1 N–H and O–H groups in total. The Kier molecular flexibility index (Phi) is 6.13. The highest BCUT2D eigenvalue weighted by Crippen LogP contribution is 2.30. The number of rotatable bonds is 8. The van der Waals surface area contributed by atoms with Crippen LogP contribution in [0.3, 0.4) is 0 Å². The summed E-state index contributed by atoms with van der Waals surface area (Å²) in [5.74, 6) is 0.775. The van der Waals surface area contributed by atoms with Crippen molar-refractivity contribution in [3.63, 3.8) is 0 Å². The van der Waals surface area contributed by atoms with E-state index in [9.17, 15) is 0 Å². The van der Waals surface area contributed by atoms with Crippen LogP contribution in [-0.2, 0) is 0 Å². The fourth-order valence-electron chi connectivity index (χ4n) is 2.48. The molecule has 0 amide bonds. The Morgan fingerprint density at radius 2 is 1.78 bits per heavy atom. The van der Waals surface area contributed by atoms with Gasteiger partial charge in [-0.05, 0) is 37.1 Å². The molecule has 1 rings (SSSR count). The maximum Gasteiger partial charge on any atom is 0.0243 e. The molecule has 0 aromatic carbocycles. The molecule has 1 aliphatic carbocycles. The first-order valence-electron chi connectivity index (χ1n) is 7.82. The van der Waals surface area contributed by atoms with Gasteiger partial charge >= 0.3 is 0 Å². The molecule has 0 radical (unpaired) electrons. The third kappa shape index (κ3) is 5.71. The van der Waals surface area contributed by atoms with Crippen molar-refractivity contribution < 1.29 is 0 Å². The van der Waals surface area contributed by atoms with Crippen molar-refractivity contribution >= 4 is 0 Å². The number of nitrogens with one attached hydrogen (secondary N) is 1. The predicted octanol–water partition coefficient (Wildman–Crippen LogP) is 3.52. The molecule has 2 nitrogen and oxygen atoms in total. The van der Waals surface area contributed by atoms with Crippen molar-refractivity contribution in [2.45, 2.75) is 72.9 Å². The van der Waals surface area contributed by atoms with E-state index >= 15 is 0 Å². The Bertz CT molecular complexity index is 226. The van der Waals surface area contributed by atoms with Gasteiger partial charge in [-0.3, -0.25) is 4.90 Å². The average Bonchev–Trinajstić information content (AvgIpc) is 3.03. The summed E-state index contributed by atoms with van der Waals surface area (Å²) in [6, 6.07) is 1.48. The van der Waals surface area contributed by atoms with Gasteiger partial charge in [0.1, 0.15) is 0 Å². The lowest BCUT2D eigenvalue weighted by Gasteiger charge is -2.37. The zero-order valence-electron chi connectivity index (χ0n) is 13.4. The van der Waals surface area contributed by atoms with Crippen LogP contribution < -0.4 is 5.32 Å². The van der Waals surface area contributed by atoms with Gasteiger partial charge in [-0.1, -0.05) is 41.5 Å². The molecule has 0 heterocycles. The van der Waals surface area contributed by atoms with Crippen LogP contribution in [0.15, 0.2) is 0 Å². The molecular formula is C16H34N2. The van der Waals surface area contributed by atoms with Crippen molar-refractivity contribution in [2.75, 3.05) is 19.6 Å². The van der Waals surface area contributed by atoms with Gasteiger partial charge in [0.25, 0.3) is 0 Å². The van der Waals surface area contributed by atoms with Crippen LogP contribution in [0, 0.1) is 11.3 Å². The molecule has 1 atom stereocenters. The minimum absolute atomic E-state index is 0.347. The summed E-state index contributed by atoms with van der Waals surface area (Å²) >= 11 is 0. The summed E-state index contributed by atoms with van der Waals surface area (Å²) in [6.45, 7) is 17.6. The Morgan fingerprint density at radius 3 is 2.17 bits per heavy atom. The predicted molar refractivity (Wildman–Crippen MR) is 81.0 cm³/mol. The van der Waals surface area contributed by atoms with Gasteiger partial charge in [-0.15, -0.1) is 0 Å². The van der Waals surface area contributed by atoms with E-state index in [1.54, 1.807) is 0 Å². The van der Waals surface area contributed by atoms with Crippen LogP contribution in [0.1, 0.15) is 60.8 Å². The van der Waals surface area contributed by atoms with Gasteiger partial charge in [-0.2, -0.15) is 0 Å².